The minimum Gasteiger partial charge on any atom is -0.406 e. The van der Waals surface area contributed by atoms with Gasteiger partial charge < -0.3 is 9.64 Å². The molecule has 10 heteroatoms. The van der Waals surface area contributed by atoms with Crippen LogP contribution >= 0.6 is 33.9 Å². The van der Waals surface area contributed by atoms with E-state index in [0.29, 0.717) is 5.69 Å². The van der Waals surface area contributed by atoms with Crippen molar-refractivity contribution in [1.82, 2.24) is 14.5 Å². The zero-order valence-electron chi connectivity index (χ0n) is 16.2. The average molecular weight is 546 g/mol. The monoisotopic (exact) mass is 546 g/mol. The summed E-state index contributed by atoms with van der Waals surface area (Å²) in [5, 5.41) is 2.68. The Labute approximate surface area is 189 Å². The summed E-state index contributed by atoms with van der Waals surface area (Å²) in [6.07, 6.45) is 0.129. The van der Waals surface area contributed by atoms with Gasteiger partial charge in [-0.15, -0.1) is 24.5 Å². The van der Waals surface area contributed by atoms with Crippen LogP contribution < -0.4 is 9.64 Å². The van der Waals surface area contributed by atoms with Crippen LogP contribution in [0.5, 0.6) is 5.75 Å². The number of ether oxygens (including phenoxy) is 1. The third kappa shape index (κ3) is 4.34. The number of thiazole rings is 1. The summed E-state index contributed by atoms with van der Waals surface area (Å²) < 4.78 is 44.4. The van der Waals surface area contributed by atoms with Gasteiger partial charge >= 0.3 is 6.36 Å². The number of alkyl halides is 3. The zero-order valence-corrected chi connectivity index (χ0v) is 19.2. The van der Waals surface area contributed by atoms with Gasteiger partial charge in [0.05, 0.1) is 11.4 Å². The molecule has 0 bridgehead atoms. The van der Waals surface area contributed by atoms with Gasteiger partial charge in [-0.3, -0.25) is 4.57 Å². The molecule has 5 nitrogen and oxygen atoms in total. The highest BCUT2D eigenvalue weighted by Gasteiger charge is 2.31. The van der Waals surface area contributed by atoms with Crippen molar-refractivity contribution in [3.63, 3.8) is 0 Å². The fourth-order valence-electron chi connectivity index (χ4n) is 3.33. The lowest BCUT2D eigenvalue weighted by Crippen LogP contribution is -2.16. The third-order valence-corrected chi connectivity index (χ3v) is 6.44. The molecular formula is C20H18F3IN4OS. The number of benzene rings is 1. The van der Waals surface area contributed by atoms with Crippen molar-refractivity contribution >= 4 is 51.1 Å². The van der Waals surface area contributed by atoms with E-state index in [9.17, 15) is 13.2 Å². The normalized spacial score (nSPS) is 13.7. The molecule has 3 heterocycles. The smallest absolute Gasteiger partial charge is 0.406 e. The lowest BCUT2D eigenvalue weighted by atomic mass is 10.2. The maximum absolute atomic E-state index is 12.3. The van der Waals surface area contributed by atoms with Gasteiger partial charge in [0.1, 0.15) is 17.4 Å². The molecule has 0 atom stereocenters. The van der Waals surface area contributed by atoms with Crippen LogP contribution in [0.2, 0.25) is 0 Å². The Kier molecular flexibility index (Phi) is 5.80. The Balaban J connectivity index is 1.62. The number of hydrogen-bond donors (Lipinski definition) is 0. The van der Waals surface area contributed by atoms with E-state index in [-0.39, 0.29) is 5.75 Å². The summed E-state index contributed by atoms with van der Waals surface area (Å²) in [4.78, 5) is 11.5. The van der Waals surface area contributed by atoms with Gasteiger partial charge in [0.25, 0.3) is 0 Å². The van der Waals surface area contributed by atoms with Gasteiger partial charge in [-0.05, 0) is 59.7 Å². The first-order valence-electron chi connectivity index (χ1n) is 9.26. The second-order valence-electron chi connectivity index (χ2n) is 6.74. The van der Waals surface area contributed by atoms with Gasteiger partial charge in [-0.25, -0.2) is 9.97 Å². The predicted molar refractivity (Wildman–Crippen MR) is 121 cm³/mol. The Hall–Kier alpha value is -2.08. The molecule has 0 aliphatic carbocycles. The van der Waals surface area contributed by atoms with Crippen molar-refractivity contribution in [1.29, 1.82) is 0 Å². The lowest BCUT2D eigenvalue weighted by Gasteiger charge is -2.20. The van der Waals surface area contributed by atoms with Crippen molar-refractivity contribution in [2.45, 2.75) is 32.5 Å². The van der Waals surface area contributed by atoms with E-state index < -0.39 is 6.36 Å². The van der Waals surface area contributed by atoms with E-state index in [1.54, 1.807) is 12.1 Å². The van der Waals surface area contributed by atoms with Crippen LogP contribution in [-0.4, -0.2) is 27.9 Å². The Bertz CT molecular complexity index is 1090. The SMILES string of the molecule is CCc1nc2n(c1N(C)c1nc(-c3ccc(OC(F)(F)F)cc3)cs1)C=C(I)CC2. The van der Waals surface area contributed by atoms with Crippen molar-refractivity contribution in [3.8, 4) is 17.0 Å². The molecular weight excluding hydrogens is 528 g/mol. The highest BCUT2D eigenvalue weighted by Crippen LogP contribution is 2.36. The molecule has 0 N–H and O–H groups in total. The second-order valence-corrected chi connectivity index (χ2v) is 8.97. The number of nitrogens with zero attached hydrogens (tertiary/aromatic N) is 4. The summed E-state index contributed by atoms with van der Waals surface area (Å²) in [5.74, 6) is 1.79. The average Bonchev–Trinajstić information content (AvgIpc) is 3.31. The molecule has 30 heavy (non-hydrogen) atoms. The zero-order chi connectivity index (χ0) is 21.5. The highest BCUT2D eigenvalue weighted by molar-refractivity contribution is 14.1. The van der Waals surface area contributed by atoms with E-state index >= 15 is 0 Å². The first-order valence-corrected chi connectivity index (χ1v) is 11.2. The molecule has 1 aliphatic rings. The fraction of sp³-hybridized carbons (Fsp3) is 0.300. The van der Waals surface area contributed by atoms with Crippen molar-refractivity contribution in [2.24, 2.45) is 0 Å². The van der Waals surface area contributed by atoms with E-state index in [2.05, 4.69) is 45.0 Å². The molecule has 0 fully saturated rings. The first kappa shape index (κ1) is 21.2. The maximum atomic E-state index is 12.3. The fourth-order valence-corrected chi connectivity index (χ4v) is 4.68. The summed E-state index contributed by atoms with van der Waals surface area (Å²) in [6, 6.07) is 5.73. The third-order valence-electron chi connectivity index (χ3n) is 4.70. The number of anilines is 2. The van der Waals surface area contributed by atoms with Crippen molar-refractivity contribution in [2.75, 3.05) is 11.9 Å². The Morgan fingerprint density at radius 1 is 1.20 bits per heavy atom. The van der Waals surface area contributed by atoms with Gasteiger partial charge in [0.2, 0.25) is 0 Å². The van der Waals surface area contributed by atoms with E-state index in [1.165, 1.54) is 27.0 Å². The molecule has 1 aromatic carbocycles. The van der Waals surface area contributed by atoms with E-state index in [0.717, 1.165) is 47.3 Å². The summed E-state index contributed by atoms with van der Waals surface area (Å²) in [5.41, 5.74) is 2.43. The number of imidazole rings is 1. The molecule has 3 aromatic rings. The van der Waals surface area contributed by atoms with Gasteiger partial charge in [-0.1, -0.05) is 6.92 Å². The largest absolute Gasteiger partial charge is 0.573 e. The van der Waals surface area contributed by atoms with Crippen LogP contribution in [0.3, 0.4) is 0 Å². The Morgan fingerprint density at radius 3 is 2.60 bits per heavy atom. The van der Waals surface area contributed by atoms with Crippen LogP contribution in [0.25, 0.3) is 17.5 Å². The maximum Gasteiger partial charge on any atom is 0.573 e. The van der Waals surface area contributed by atoms with Crippen molar-refractivity contribution < 1.29 is 17.9 Å². The minimum atomic E-state index is -4.70. The summed E-state index contributed by atoms with van der Waals surface area (Å²) in [6.45, 7) is 2.08. The van der Waals surface area contributed by atoms with Crippen LogP contribution in [-0.2, 0) is 12.8 Å². The number of aryl methyl sites for hydroxylation is 2. The number of aromatic nitrogens is 3. The predicted octanol–water partition coefficient (Wildman–Crippen LogP) is 6.42. The van der Waals surface area contributed by atoms with Crippen LogP contribution in [0, 0.1) is 0 Å². The molecule has 1 aliphatic heterocycles. The highest BCUT2D eigenvalue weighted by atomic mass is 127. The number of allylic oxidation sites excluding steroid dienone is 1. The number of halogens is 4. The topological polar surface area (TPSA) is 43.2 Å². The lowest BCUT2D eigenvalue weighted by molar-refractivity contribution is -0.274. The standard InChI is InChI=1S/C20H18F3IN4OS/c1-3-15-18(28-10-13(24)6-9-17(28)25-15)27(2)19-26-16(11-30-19)12-4-7-14(8-5-12)29-20(21,22)23/h4-5,7-8,10-11H,3,6,9H2,1-2H3. The molecule has 0 unspecified atom stereocenters. The molecule has 0 radical (unpaired) electrons. The molecule has 0 spiro atoms. The second kappa shape index (κ2) is 8.22. The molecule has 4 rings (SSSR count). The van der Waals surface area contributed by atoms with Crippen LogP contribution in [0.4, 0.5) is 24.1 Å². The molecule has 2 aromatic heterocycles. The molecule has 158 valence electrons. The van der Waals surface area contributed by atoms with E-state index in [1.807, 2.05) is 17.3 Å². The van der Waals surface area contributed by atoms with Crippen LogP contribution in [0.15, 0.2) is 33.2 Å². The van der Waals surface area contributed by atoms with E-state index in [4.69, 9.17) is 9.97 Å². The van der Waals surface area contributed by atoms with Crippen molar-refractivity contribution in [3.05, 3.63) is 44.7 Å². The first-order chi connectivity index (χ1) is 14.2. The molecule has 0 saturated carbocycles. The summed E-state index contributed by atoms with van der Waals surface area (Å²) >= 11 is 3.83. The van der Waals surface area contributed by atoms with Crippen LogP contribution in [0.1, 0.15) is 24.9 Å². The number of fused-ring (bicyclic) bond motifs is 1. The number of rotatable bonds is 5. The number of hydrogen-bond acceptors (Lipinski definition) is 5. The Morgan fingerprint density at radius 2 is 1.93 bits per heavy atom. The summed E-state index contributed by atoms with van der Waals surface area (Å²) in [7, 11) is 1.96. The van der Waals surface area contributed by atoms with Gasteiger partial charge in [0, 0.05) is 34.2 Å². The minimum absolute atomic E-state index is 0.251. The molecule has 0 amide bonds. The van der Waals surface area contributed by atoms with Gasteiger partial charge in [0.15, 0.2) is 5.13 Å². The molecule has 0 saturated heterocycles. The van der Waals surface area contributed by atoms with Gasteiger partial charge in [-0.2, -0.15) is 0 Å². The quantitative estimate of drug-likeness (QED) is 0.347.